The molecule has 88 valence electrons. The van der Waals surface area contributed by atoms with Crippen LogP contribution in [0.2, 0.25) is 0 Å². The van der Waals surface area contributed by atoms with Crippen molar-refractivity contribution in [3.8, 4) is 0 Å². The van der Waals surface area contributed by atoms with Crippen molar-refractivity contribution in [2.24, 2.45) is 0 Å². The molecule has 2 atom stereocenters. The van der Waals surface area contributed by atoms with Crippen LogP contribution >= 0.6 is 0 Å². The summed E-state index contributed by atoms with van der Waals surface area (Å²) in [4.78, 5) is 2.59. The van der Waals surface area contributed by atoms with Crippen LogP contribution in [0, 0.1) is 6.92 Å². The predicted octanol–water partition coefficient (Wildman–Crippen LogP) is 2.95. The SMILES string of the molecule is Cc1cc(CN2C(C)CCC2C)ccc1N. The van der Waals surface area contributed by atoms with Crippen LogP contribution in [0.5, 0.6) is 0 Å². The maximum Gasteiger partial charge on any atom is 0.0343 e. The highest BCUT2D eigenvalue weighted by atomic mass is 15.2. The highest BCUT2D eigenvalue weighted by Crippen LogP contribution is 2.26. The molecule has 2 heteroatoms. The van der Waals surface area contributed by atoms with Gasteiger partial charge in [0.2, 0.25) is 0 Å². The molecule has 1 aromatic carbocycles. The number of rotatable bonds is 2. The summed E-state index contributed by atoms with van der Waals surface area (Å²) in [6.45, 7) is 7.79. The third kappa shape index (κ3) is 2.22. The zero-order chi connectivity index (χ0) is 11.7. The van der Waals surface area contributed by atoms with Gasteiger partial charge in [-0.3, -0.25) is 4.90 Å². The monoisotopic (exact) mass is 218 g/mol. The summed E-state index contributed by atoms with van der Waals surface area (Å²) in [5.41, 5.74) is 9.31. The van der Waals surface area contributed by atoms with Gasteiger partial charge < -0.3 is 5.73 Å². The zero-order valence-electron chi connectivity index (χ0n) is 10.5. The lowest BCUT2D eigenvalue weighted by atomic mass is 10.1. The molecule has 1 aliphatic rings. The summed E-state index contributed by atoms with van der Waals surface area (Å²) >= 11 is 0. The Balaban J connectivity index is 2.11. The number of aryl methyl sites for hydroxylation is 1. The summed E-state index contributed by atoms with van der Waals surface area (Å²) in [5.74, 6) is 0. The lowest BCUT2D eigenvalue weighted by Crippen LogP contribution is -2.32. The average molecular weight is 218 g/mol. The lowest BCUT2D eigenvalue weighted by molar-refractivity contribution is 0.205. The molecule has 2 N–H and O–H groups in total. The quantitative estimate of drug-likeness (QED) is 0.773. The van der Waals surface area contributed by atoms with E-state index >= 15 is 0 Å². The Labute approximate surface area is 98.4 Å². The molecule has 1 aromatic rings. The Morgan fingerprint density at radius 2 is 1.88 bits per heavy atom. The van der Waals surface area contributed by atoms with E-state index in [0.29, 0.717) is 12.1 Å². The van der Waals surface area contributed by atoms with Gasteiger partial charge in [0.25, 0.3) is 0 Å². The number of nitrogens with zero attached hydrogens (tertiary/aromatic N) is 1. The van der Waals surface area contributed by atoms with Crippen molar-refractivity contribution in [2.45, 2.75) is 52.2 Å². The molecule has 0 amide bonds. The van der Waals surface area contributed by atoms with Gasteiger partial charge in [-0.25, -0.2) is 0 Å². The van der Waals surface area contributed by atoms with Gasteiger partial charge in [0.05, 0.1) is 0 Å². The molecular formula is C14H22N2. The van der Waals surface area contributed by atoms with E-state index < -0.39 is 0 Å². The number of benzene rings is 1. The van der Waals surface area contributed by atoms with Crippen LogP contribution in [0.4, 0.5) is 5.69 Å². The average Bonchev–Trinajstić information content (AvgIpc) is 2.55. The molecule has 16 heavy (non-hydrogen) atoms. The first-order chi connectivity index (χ1) is 7.58. The van der Waals surface area contributed by atoms with E-state index in [1.54, 1.807) is 0 Å². The highest BCUT2D eigenvalue weighted by molar-refractivity contribution is 5.47. The fraction of sp³-hybridized carbons (Fsp3) is 0.571. The molecule has 2 unspecified atom stereocenters. The first-order valence-electron chi connectivity index (χ1n) is 6.18. The molecule has 2 nitrogen and oxygen atoms in total. The number of likely N-dealkylation sites (tertiary alicyclic amines) is 1. The molecule has 1 heterocycles. The Hall–Kier alpha value is -1.02. The van der Waals surface area contributed by atoms with Crippen molar-refractivity contribution in [1.82, 2.24) is 4.90 Å². The second-order valence-electron chi connectivity index (χ2n) is 5.14. The smallest absolute Gasteiger partial charge is 0.0343 e. The third-order valence-corrected chi connectivity index (χ3v) is 3.83. The molecule has 1 aliphatic heterocycles. The number of nitrogen functional groups attached to an aromatic ring is 1. The van der Waals surface area contributed by atoms with E-state index in [2.05, 4.69) is 37.8 Å². The second kappa shape index (κ2) is 4.46. The summed E-state index contributed by atoms with van der Waals surface area (Å²) in [6, 6.07) is 7.82. The Morgan fingerprint density at radius 1 is 1.25 bits per heavy atom. The largest absolute Gasteiger partial charge is 0.399 e. The topological polar surface area (TPSA) is 29.3 Å². The molecule has 0 radical (unpaired) electrons. The van der Waals surface area contributed by atoms with Gasteiger partial charge in [0.1, 0.15) is 0 Å². The maximum atomic E-state index is 5.84. The number of hydrogen-bond donors (Lipinski definition) is 1. The molecule has 1 saturated heterocycles. The molecule has 0 saturated carbocycles. The van der Waals surface area contributed by atoms with Gasteiger partial charge in [-0.05, 0) is 50.8 Å². The standard InChI is InChI=1S/C14H22N2/c1-10-8-13(6-7-14(10)15)9-16-11(2)4-5-12(16)3/h6-8,11-12H,4-5,9,15H2,1-3H3. The molecule has 0 aromatic heterocycles. The molecule has 0 spiro atoms. The van der Waals surface area contributed by atoms with Crippen LogP contribution in [-0.2, 0) is 6.54 Å². The van der Waals surface area contributed by atoms with E-state index in [0.717, 1.165) is 12.2 Å². The van der Waals surface area contributed by atoms with Crippen LogP contribution in [0.25, 0.3) is 0 Å². The van der Waals surface area contributed by atoms with Crippen LogP contribution < -0.4 is 5.73 Å². The van der Waals surface area contributed by atoms with E-state index in [-0.39, 0.29) is 0 Å². The van der Waals surface area contributed by atoms with Crippen molar-refractivity contribution >= 4 is 5.69 Å². The van der Waals surface area contributed by atoms with E-state index in [1.807, 2.05) is 6.07 Å². The number of anilines is 1. The Kier molecular flexibility index (Phi) is 3.20. The van der Waals surface area contributed by atoms with Crippen LogP contribution in [-0.4, -0.2) is 17.0 Å². The van der Waals surface area contributed by atoms with E-state index in [9.17, 15) is 0 Å². The second-order valence-corrected chi connectivity index (χ2v) is 5.14. The van der Waals surface area contributed by atoms with Crippen LogP contribution in [0.1, 0.15) is 37.8 Å². The zero-order valence-corrected chi connectivity index (χ0v) is 10.5. The predicted molar refractivity (Wildman–Crippen MR) is 69.3 cm³/mol. The van der Waals surface area contributed by atoms with E-state index in [4.69, 9.17) is 5.73 Å². The number of nitrogens with two attached hydrogens (primary N) is 1. The first-order valence-corrected chi connectivity index (χ1v) is 6.18. The highest BCUT2D eigenvalue weighted by Gasteiger charge is 2.26. The normalized spacial score (nSPS) is 26.2. The molecule has 2 rings (SSSR count). The van der Waals surface area contributed by atoms with Gasteiger partial charge >= 0.3 is 0 Å². The minimum atomic E-state index is 0.716. The van der Waals surface area contributed by atoms with Crippen molar-refractivity contribution in [3.63, 3.8) is 0 Å². The third-order valence-electron chi connectivity index (χ3n) is 3.83. The van der Waals surface area contributed by atoms with Crippen LogP contribution in [0.3, 0.4) is 0 Å². The molecule has 0 bridgehead atoms. The summed E-state index contributed by atoms with van der Waals surface area (Å²) in [6.07, 6.45) is 2.66. The first kappa shape index (κ1) is 11.5. The van der Waals surface area contributed by atoms with Gasteiger partial charge in [-0.1, -0.05) is 12.1 Å². The molecule has 0 aliphatic carbocycles. The van der Waals surface area contributed by atoms with Crippen molar-refractivity contribution in [3.05, 3.63) is 29.3 Å². The fourth-order valence-electron chi connectivity index (χ4n) is 2.61. The lowest BCUT2D eigenvalue weighted by Gasteiger charge is -2.26. The summed E-state index contributed by atoms with van der Waals surface area (Å²) < 4.78 is 0. The molecular weight excluding hydrogens is 196 g/mol. The maximum absolute atomic E-state index is 5.84. The number of hydrogen-bond acceptors (Lipinski definition) is 2. The van der Waals surface area contributed by atoms with Gasteiger partial charge in [0.15, 0.2) is 0 Å². The van der Waals surface area contributed by atoms with Crippen LogP contribution in [0.15, 0.2) is 18.2 Å². The van der Waals surface area contributed by atoms with E-state index in [1.165, 1.54) is 24.0 Å². The van der Waals surface area contributed by atoms with Gasteiger partial charge in [-0.2, -0.15) is 0 Å². The van der Waals surface area contributed by atoms with Crippen molar-refractivity contribution < 1.29 is 0 Å². The van der Waals surface area contributed by atoms with Crippen molar-refractivity contribution in [2.75, 3.05) is 5.73 Å². The molecule has 1 fully saturated rings. The van der Waals surface area contributed by atoms with Crippen molar-refractivity contribution in [1.29, 1.82) is 0 Å². The Bertz CT molecular complexity index is 363. The minimum Gasteiger partial charge on any atom is -0.399 e. The minimum absolute atomic E-state index is 0.716. The summed E-state index contributed by atoms with van der Waals surface area (Å²) in [7, 11) is 0. The van der Waals surface area contributed by atoms with Gasteiger partial charge in [-0.15, -0.1) is 0 Å². The fourth-order valence-corrected chi connectivity index (χ4v) is 2.61. The Morgan fingerprint density at radius 3 is 2.44 bits per heavy atom. The summed E-state index contributed by atoms with van der Waals surface area (Å²) in [5, 5.41) is 0. The van der Waals surface area contributed by atoms with Gasteiger partial charge in [0, 0.05) is 24.3 Å².